The van der Waals surface area contributed by atoms with Gasteiger partial charge < -0.3 is 0 Å². The van der Waals surface area contributed by atoms with Gasteiger partial charge in [-0.1, -0.05) is 0 Å². The molecule has 0 aromatic carbocycles. The molecule has 0 saturated heterocycles. The van der Waals surface area contributed by atoms with Crippen LogP contribution in [0.4, 0.5) is 0 Å². The average molecular weight is 460 g/mol. The summed E-state index contributed by atoms with van der Waals surface area (Å²) in [5.74, 6) is 2.25. The Bertz CT molecular complexity index is 571. The molecule has 0 heterocycles. The van der Waals surface area contributed by atoms with Crippen LogP contribution in [-0.4, -0.2) is 37.8 Å². The Morgan fingerprint density at radius 2 is 1.04 bits per heavy atom. The second-order valence-electron chi connectivity index (χ2n) is 10.2. The van der Waals surface area contributed by atoms with Crippen LogP contribution in [0.5, 0.6) is 0 Å². The Kier molecular flexibility index (Phi) is 3.71. The summed E-state index contributed by atoms with van der Waals surface area (Å²) < 4.78 is 0. The van der Waals surface area contributed by atoms with E-state index in [0.29, 0.717) is 59.3 Å². The van der Waals surface area contributed by atoms with E-state index in [0.717, 1.165) is 12.8 Å². The van der Waals surface area contributed by atoms with Crippen molar-refractivity contribution in [3.05, 3.63) is 0 Å². The van der Waals surface area contributed by atoms with Crippen LogP contribution in [0.3, 0.4) is 0 Å². The Balaban J connectivity index is 1.52. The summed E-state index contributed by atoms with van der Waals surface area (Å²) in [6.45, 7) is 13.7. The summed E-state index contributed by atoms with van der Waals surface area (Å²) in [5, 5.41) is 0. The fraction of sp³-hybridized carbons (Fsp3) is 0.900. The van der Waals surface area contributed by atoms with Crippen LogP contribution in [0.15, 0.2) is 0 Å². The molecule has 0 aliphatic heterocycles. The molecule has 0 radical (unpaired) electrons. The van der Waals surface area contributed by atoms with Gasteiger partial charge in [-0.05, 0) is 0 Å². The van der Waals surface area contributed by atoms with Gasteiger partial charge in [0.2, 0.25) is 0 Å². The van der Waals surface area contributed by atoms with Gasteiger partial charge in [0.15, 0.2) is 0 Å². The van der Waals surface area contributed by atoms with Crippen molar-refractivity contribution in [2.45, 2.75) is 76.9 Å². The molecule has 24 heavy (non-hydrogen) atoms. The third-order valence-electron chi connectivity index (χ3n) is 9.21. The van der Waals surface area contributed by atoms with Gasteiger partial charge in [0.25, 0.3) is 0 Å². The first-order valence-corrected chi connectivity index (χ1v) is 15.7. The van der Waals surface area contributed by atoms with Gasteiger partial charge in [-0.15, -0.1) is 0 Å². The van der Waals surface area contributed by atoms with Crippen LogP contribution in [0.25, 0.3) is 0 Å². The topological polar surface area (TPSA) is 34.1 Å². The summed E-state index contributed by atoms with van der Waals surface area (Å²) in [6.07, 6.45) is 4.62. The van der Waals surface area contributed by atoms with Gasteiger partial charge in [0.05, 0.1) is 0 Å². The quantitative estimate of drug-likeness (QED) is 0.599. The van der Waals surface area contributed by atoms with Crippen LogP contribution in [0, 0.1) is 33.5 Å². The van der Waals surface area contributed by atoms with E-state index in [1.54, 1.807) is 0 Å². The van der Waals surface area contributed by atoms with Crippen molar-refractivity contribution in [1.29, 1.82) is 0 Å². The van der Waals surface area contributed by atoms with Crippen molar-refractivity contribution < 1.29 is 9.59 Å². The minimum atomic E-state index is -0.0932. The Labute approximate surface area is 157 Å². The van der Waals surface area contributed by atoms with Gasteiger partial charge in [-0.3, -0.25) is 0 Å². The first-order chi connectivity index (χ1) is 11.0. The van der Waals surface area contributed by atoms with E-state index in [9.17, 15) is 9.59 Å². The SMILES string of the molecule is CC12CCC(C([Se][Se]C3C(=O)C4(C)CCC3C4(C)C)C1=O)C2(C)C. The summed E-state index contributed by atoms with van der Waals surface area (Å²) >= 11 is 0.697. The molecule has 4 rings (SSSR count). The standard InChI is InChI=1S/C20H30O2Se2/c1-17(2)11-7-9-19(17,5)15(21)13(11)23-24-14-12-8-10-20(6,16(14)22)18(12,3)4/h11-14H,7-10H2,1-6H3. The van der Waals surface area contributed by atoms with E-state index >= 15 is 0 Å². The summed E-state index contributed by atoms with van der Waals surface area (Å²) in [7, 11) is 0. The molecule has 6 unspecified atom stereocenters. The van der Waals surface area contributed by atoms with Crippen molar-refractivity contribution in [3.63, 3.8) is 0 Å². The van der Waals surface area contributed by atoms with Crippen molar-refractivity contribution in [2.24, 2.45) is 33.5 Å². The summed E-state index contributed by atoms with van der Waals surface area (Å²) in [6, 6.07) is 0. The van der Waals surface area contributed by atoms with Gasteiger partial charge >= 0.3 is 158 Å². The number of fused-ring (bicyclic) bond motifs is 4. The van der Waals surface area contributed by atoms with Crippen molar-refractivity contribution in [2.75, 3.05) is 0 Å². The van der Waals surface area contributed by atoms with E-state index in [-0.39, 0.29) is 21.7 Å². The first kappa shape index (κ1) is 17.8. The predicted octanol–water partition coefficient (Wildman–Crippen LogP) is 3.94. The minimum absolute atomic E-state index is 0.0932. The van der Waals surface area contributed by atoms with Gasteiger partial charge in [0.1, 0.15) is 0 Å². The molecule has 0 aromatic rings. The van der Waals surface area contributed by atoms with Gasteiger partial charge in [0, 0.05) is 0 Å². The molecule has 0 spiro atoms. The molecular formula is C20H30O2Se2. The maximum absolute atomic E-state index is 13.1. The molecular weight excluding hydrogens is 430 g/mol. The summed E-state index contributed by atoms with van der Waals surface area (Å²) in [4.78, 5) is 26.8. The molecule has 0 N–H and O–H groups in total. The molecule has 4 aliphatic carbocycles. The third kappa shape index (κ3) is 1.80. The Morgan fingerprint density at radius 1 is 0.708 bits per heavy atom. The van der Waals surface area contributed by atoms with Crippen LogP contribution < -0.4 is 0 Å². The van der Waals surface area contributed by atoms with Crippen LogP contribution in [0.1, 0.15) is 67.2 Å². The average Bonchev–Trinajstić information content (AvgIpc) is 2.97. The molecule has 4 fully saturated rings. The molecule has 2 nitrogen and oxygen atoms in total. The van der Waals surface area contributed by atoms with Crippen molar-refractivity contribution in [1.82, 2.24) is 0 Å². The van der Waals surface area contributed by atoms with Crippen LogP contribution in [0.2, 0.25) is 9.63 Å². The number of hydrogen-bond acceptors (Lipinski definition) is 2. The molecule has 0 aromatic heterocycles. The fourth-order valence-electron chi connectivity index (χ4n) is 6.35. The van der Waals surface area contributed by atoms with E-state index in [4.69, 9.17) is 0 Å². The second-order valence-corrected chi connectivity index (χ2v) is 17.3. The zero-order valence-electron chi connectivity index (χ0n) is 15.8. The fourth-order valence-corrected chi connectivity index (χ4v) is 18.3. The zero-order chi connectivity index (χ0) is 17.7. The first-order valence-electron chi connectivity index (χ1n) is 9.39. The third-order valence-corrected chi connectivity index (χ3v) is 18.3. The van der Waals surface area contributed by atoms with E-state index in [1.807, 2.05) is 0 Å². The number of carbonyl (C=O) groups excluding carboxylic acids is 2. The Morgan fingerprint density at radius 3 is 1.29 bits per heavy atom. The molecule has 134 valence electrons. The monoisotopic (exact) mass is 462 g/mol. The molecule has 4 heteroatoms. The molecule has 4 bridgehead atoms. The zero-order valence-corrected chi connectivity index (χ0v) is 19.2. The predicted molar refractivity (Wildman–Crippen MR) is 98.2 cm³/mol. The Hall–Kier alpha value is 0.379. The van der Waals surface area contributed by atoms with E-state index < -0.39 is 0 Å². The van der Waals surface area contributed by atoms with E-state index in [2.05, 4.69) is 41.5 Å². The molecule has 0 amide bonds. The maximum atomic E-state index is 13.1. The number of Topliss-reactive ketones (excluding diaryl/α,β-unsaturated/α-hetero) is 2. The number of hydrogen-bond donors (Lipinski definition) is 0. The normalized spacial score (nSPS) is 50.9. The summed E-state index contributed by atoms with van der Waals surface area (Å²) in [5.41, 5.74) is 0.140. The molecule has 4 aliphatic rings. The van der Waals surface area contributed by atoms with Crippen LogP contribution in [-0.2, 0) is 9.59 Å². The van der Waals surface area contributed by atoms with Gasteiger partial charge in [-0.25, -0.2) is 0 Å². The molecule has 4 saturated carbocycles. The van der Waals surface area contributed by atoms with Crippen molar-refractivity contribution in [3.8, 4) is 0 Å². The van der Waals surface area contributed by atoms with Crippen molar-refractivity contribution >= 4 is 37.8 Å². The van der Waals surface area contributed by atoms with Gasteiger partial charge in [-0.2, -0.15) is 0 Å². The number of ketones is 2. The number of rotatable bonds is 3. The second kappa shape index (κ2) is 5.00. The molecule has 6 atom stereocenters. The number of carbonyl (C=O) groups is 2. The van der Waals surface area contributed by atoms with Crippen LogP contribution >= 0.6 is 0 Å². The van der Waals surface area contributed by atoms with E-state index in [1.165, 1.54) is 12.8 Å².